The van der Waals surface area contributed by atoms with Crippen molar-refractivity contribution >= 4 is 23.6 Å². The van der Waals surface area contributed by atoms with Crippen molar-refractivity contribution in [2.24, 2.45) is 0 Å². The largest absolute Gasteiger partial charge is 0.424 e. The predicted molar refractivity (Wildman–Crippen MR) is 119 cm³/mol. The Labute approximate surface area is 185 Å². The number of anilines is 1. The number of imidazole rings is 1. The van der Waals surface area contributed by atoms with Gasteiger partial charge in [-0.05, 0) is 31.0 Å². The van der Waals surface area contributed by atoms with Gasteiger partial charge in [0.25, 0.3) is 0 Å². The normalized spacial score (nSPS) is 14.0. The van der Waals surface area contributed by atoms with Gasteiger partial charge >= 0.3 is 0 Å². The molecule has 1 aliphatic rings. The molecule has 160 valence electrons. The Morgan fingerprint density at radius 2 is 2.00 bits per heavy atom. The van der Waals surface area contributed by atoms with Crippen LogP contribution >= 0.6 is 11.8 Å². The summed E-state index contributed by atoms with van der Waals surface area (Å²) in [6.45, 7) is 8.24. The van der Waals surface area contributed by atoms with Crippen LogP contribution in [0.25, 0.3) is 5.69 Å². The SMILES string of the molecule is Cc1ccc(C)c(-n2ccnc2SCC(=O)N2CCN(c3oc(C)nc3C#N)CC2)c1. The quantitative estimate of drug-likeness (QED) is 0.568. The number of hydrogen-bond acceptors (Lipinski definition) is 7. The molecule has 2 aromatic heterocycles. The smallest absolute Gasteiger partial charge is 0.234 e. The Morgan fingerprint density at radius 3 is 2.74 bits per heavy atom. The van der Waals surface area contributed by atoms with Crippen molar-refractivity contribution in [2.45, 2.75) is 25.9 Å². The van der Waals surface area contributed by atoms with Crippen LogP contribution in [0, 0.1) is 32.1 Å². The third-order valence-corrected chi connectivity index (χ3v) is 6.25. The Morgan fingerprint density at radius 1 is 1.23 bits per heavy atom. The van der Waals surface area contributed by atoms with Gasteiger partial charge < -0.3 is 14.2 Å². The molecule has 9 heteroatoms. The van der Waals surface area contributed by atoms with Crippen LogP contribution in [0.5, 0.6) is 0 Å². The second-order valence-electron chi connectivity index (χ2n) is 7.52. The first kappa shape index (κ1) is 21.0. The third-order valence-electron chi connectivity index (χ3n) is 5.30. The number of nitriles is 1. The summed E-state index contributed by atoms with van der Waals surface area (Å²) in [5.74, 6) is 1.37. The second-order valence-corrected chi connectivity index (χ2v) is 8.47. The van der Waals surface area contributed by atoms with Gasteiger partial charge in [0.15, 0.2) is 11.0 Å². The first-order valence-electron chi connectivity index (χ1n) is 10.1. The van der Waals surface area contributed by atoms with Crippen molar-refractivity contribution in [3.8, 4) is 11.8 Å². The zero-order chi connectivity index (χ0) is 22.0. The highest BCUT2D eigenvalue weighted by Gasteiger charge is 2.26. The highest BCUT2D eigenvalue weighted by Crippen LogP contribution is 2.25. The van der Waals surface area contributed by atoms with E-state index in [-0.39, 0.29) is 5.91 Å². The van der Waals surface area contributed by atoms with Crippen molar-refractivity contribution in [1.82, 2.24) is 19.4 Å². The van der Waals surface area contributed by atoms with E-state index in [4.69, 9.17) is 4.42 Å². The number of nitrogens with zero attached hydrogens (tertiary/aromatic N) is 6. The van der Waals surface area contributed by atoms with Gasteiger partial charge in [0, 0.05) is 45.5 Å². The van der Waals surface area contributed by atoms with E-state index in [2.05, 4.69) is 48.1 Å². The van der Waals surface area contributed by atoms with Gasteiger partial charge in [-0.3, -0.25) is 9.36 Å². The first-order valence-corrected chi connectivity index (χ1v) is 11.1. The third kappa shape index (κ3) is 4.44. The molecule has 1 saturated heterocycles. The molecule has 0 N–H and O–H groups in total. The lowest BCUT2D eigenvalue weighted by atomic mass is 10.1. The Bertz CT molecular complexity index is 1140. The molecule has 4 rings (SSSR count). The lowest BCUT2D eigenvalue weighted by Crippen LogP contribution is -2.49. The van der Waals surface area contributed by atoms with E-state index in [1.54, 1.807) is 13.1 Å². The highest BCUT2D eigenvalue weighted by molar-refractivity contribution is 7.99. The van der Waals surface area contributed by atoms with Crippen molar-refractivity contribution in [3.05, 3.63) is 53.3 Å². The number of aromatic nitrogens is 3. The summed E-state index contributed by atoms with van der Waals surface area (Å²) in [7, 11) is 0. The maximum Gasteiger partial charge on any atom is 0.234 e. The van der Waals surface area contributed by atoms with Crippen molar-refractivity contribution in [3.63, 3.8) is 0 Å². The van der Waals surface area contributed by atoms with E-state index in [1.165, 1.54) is 17.3 Å². The number of hydrogen-bond donors (Lipinski definition) is 0. The summed E-state index contributed by atoms with van der Waals surface area (Å²) >= 11 is 1.45. The fourth-order valence-electron chi connectivity index (χ4n) is 3.64. The Hall–Kier alpha value is -3.25. The van der Waals surface area contributed by atoms with Crippen LogP contribution in [0.3, 0.4) is 0 Å². The maximum atomic E-state index is 12.8. The molecule has 0 spiro atoms. The van der Waals surface area contributed by atoms with Crippen LogP contribution in [0.2, 0.25) is 0 Å². The number of aryl methyl sites for hydroxylation is 3. The molecule has 1 amide bonds. The summed E-state index contributed by atoms with van der Waals surface area (Å²) in [6.07, 6.45) is 3.69. The minimum absolute atomic E-state index is 0.0782. The number of oxazole rings is 1. The average Bonchev–Trinajstić information content (AvgIpc) is 3.40. The predicted octanol–water partition coefficient (Wildman–Crippen LogP) is 3.10. The van der Waals surface area contributed by atoms with Crippen LogP contribution < -0.4 is 4.90 Å². The molecule has 1 fully saturated rings. The van der Waals surface area contributed by atoms with Crippen molar-refractivity contribution in [2.75, 3.05) is 36.8 Å². The zero-order valence-electron chi connectivity index (χ0n) is 17.8. The second kappa shape index (κ2) is 8.86. The fourth-order valence-corrected chi connectivity index (χ4v) is 4.51. The standard InChI is InChI=1S/C22H24N6O2S/c1-15-4-5-16(2)19(12-15)28-7-6-24-22(28)31-14-20(29)26-8-10-27(11-9-26)21-18(13-23)25-17(3)30-21/h4-7,12H,8-11,14H2,1-3H3. The molecule has 0 atom stereocenters. The van der Waals surface area contributed by atoms with E-state index in [9.17, 15) is 10.1 Å². The lowest BCUT2D eigenvalue weighted by Gasteiger charge is -2.34. The van der Waals surface area contributed by atoms with Gasteiger partial charge in [-0.25, -0.2) is 9.97 Å². The molecule has 3 aromatic rings. The molecule has 1 aliphatic heterocycles. The molecule has 8 nitrogen and oxygen atoms in total. The highest BCUT2D eigenvalue weighted by atomic mass is 32.2. The number of benzene rings is 1. The first-order chi connectivity index (χ1) is 15.0. The van der Waals surface area contributed by atoms with Crippen molar-refractivity contribution < 1.29 is 9.21 Å². The topological polar surface area (TPSA) is 91.2 Å². The molecule has 0 aliphatic carbocycles. The minimum atomic E-state index is 0.0782. The van der Waals surface area contributed by atoms with Gasteiger partial charge in [-0.2, -0.15) is 5.26 Å². The number of piperazine rings is 1. The molecular weight excluding hydrogens is 412 g/mol. The Balaban J connectivity index is 1.36. The molecule has 0 saturated carbocycles. The summed E-state index contributed by atoms with van der Waals surface area (Å²) in [5, 5.41) is 10.0. The lowest BCUT2D eigenvalue weighted by molar-refractivity contribution is -0.128. The summed E-state index contributed by atoms with van der Waals surface area (Å²) < 4.78 is 7.62. The van der Waals surface area contributed by atoms with Gasteiger partial charge in [0.2, 0.25) is 17.5 Å². The molecule has 1 aromatic carbocycles. The fraction of sp³-hybridized carbons (Fsp3) is 0.364. The minimum Gasteiger partial charge on any atom is -0.424 e. The molecule has 31 heavy (non-hydrogen) atoms. The van der Waals surface area contributed by atoms with Crippen LogP contribution in [-0.4, -0.2) is 57.3 Å². The van der Waals surface area contributed by atoms with Crippen LogP contribution in [-0.2, 0) is 4.79 Å². The van der Waals surface area contributed by atoms with Gasteiger partial charge in [-0.1, -0.05) is 23.9 Å². The van der Waals surface area contributed by atoms with Gasteiger partial charge in [-0.15, -0.1) is 0 Å². The monoisotopic (exact) mass is 436 g/mol. The number of carbonyl (C=O) groups is 1. The van der Waals surface area contributed by atoms with E-state index in [1.807, 2.05) is 20.6 Å². The van der Waals surface area contributed by atoms with Crippen LogP contribution in [0.4, 0.5) is 5.88 Å². The van der Waals surface area contributed by atoms with E-state index in [0.717, 1.165) is 16.4 Å². The van der Waals surface area contributed by atoms with E-state index >= 15 is 0 Å². The van der Waals surface area contributed by atoms with Gasteiger partial charge in [0.1, 0.15) is 6.07 Å². The molecular formula is C22H24N6O2S. The Kier molecular flexibility index (Phi) is 6.00. The summed E-state index contributed by atoms with van der Waals surface area (Å²) in [5.41, 5.74) is 3.72. The van der Waals surface area contributed by atoms with E-state index < -0.39 is 0 Å². The summed E-state index contributed by atoms with van der Waals surface area (Å²) in [4.78, 5) is 25.2. The maximum absolute atomic E-state index is 12.8. The average molecular weight is 437 g/mol. The van der Waals surface area contributed by atoms with Crippen LogP contribution in [0.15, 0.2) is 40.2 Å². The van der Waals surface area contributed by atoms with Crippen LogP contribution in [0.1, 0.15) is 22.7 Å². The molecule has 0 bridgehead atoms. The molecule has 0 unspecified atom stereocenters. The zero-order valence-corrected chi connectivity index (χ0v) is 18.6. The number of thioether (sulfide) groups is 1. The number of carbonyl (C=O) groups excluding carboxylic acids is 1. The number of amides is 1. The number of rotatable bonds is 5. The molecule has 0 radical (unpaired) electrons. The molecule has 3 heterocycles. The van der Waals surface area contributed by atoms with Crippen molar-refractivity contribution in [1.29, 1.82) is 5.26 Å². The summed E-state index contributed by atoms with van der Waals surface area (Å²) in [6, 6.07) is 8.38. The van der Waals surface area contributed by atoms with E-state index in [0.29, 0.717) is 49.4 Å². The van der Waals surface area contributed by atoms with Gasteiger partial charge in [0.05, 0.1) is 11.4 Å².